The number of hydrogen-bond donors (Lipinski definition) is 0. The number of likely N-dealkylation sites (N-methyl/N-ethyl adjacent to an activating group) is 1. The monoisotopic (exact) mass is 440 g/mol. The summed E-state index contributed by atoms with van der Waals surface area (Å²) >= 11 is 0. The number of piperazine rings is 1. The highest BCUT2D eigenvalue weighted by atomic mass is 32.2. The highest BCUT2D eigenvalue weighted by molar-refractivity contribution is 7.89. The molecule has 1 fully saturated rings. The summed E-state index contributed by atoms with van der Waals surface area (Å²) in [6, 6.07) is 4.10. The van der Waals surface area contributed by atoms with Crippen molar-refractivity contribution < 1.29 is 27.2 Å². The largest absolute Gasteiger partial charge is 0.450 e. The highest BCUT2D eigenvalue weighted by Gasteiger charge is 2.31. The molecule has 12 heteroatoms. The van der Waals surface area contributed by atoms with E-state index in [-0.39, 0.29) is 55.7 Å². The number of carbonyl (C=O) groups excluding carboxylic acids is 2. The first-order valence-electron chi connectivity index (χ1n) is 9.40. The molecule has 1 aromatic carbocycles. The molecule has 1 aromatic heterocycles. The maximum atomic E-state index is 13.0. The maximum Gasteiger partial charge on any atom is 0.420 e. The second-order valence-corrected chi connectivity index (χ2v) is 8.90. The predicted molar refractivity (Wildman–Crippen MR) is 107 cm³/mol. The van der Waals surface area contributed by atoms with Crippen molar-refractivity contribution in [3.8, 4) is 0 Å². The van der Waals surface area contributed by atoms with Crippen molar-refractivity contribution in [2.24, 2.45) is 0 Å². The van der Waals surface area contributed by atoms with Crippen LogP contribution in [0, 0.1) is 0 Å². The minimum absolute atomic E-state index is 0.0283. The summed E-state index contributed by atoms with van der Waals surface area (Å²) in [4.78, 5) is 38.6. The second-order valence-electron chi connectivity index (χ2n) is 6.96. The van der Waals surface area contributed by atoms with E-state index in [4.69, 9.17) is 9.15 Å². The maximum absolute atomic E-state index is 13.0. The lowest BCUT2D eigenvalue weighted by atomic mass is 10.3. The molecule has 11 nitrogen and oxygen atoms in total. The van der Waals surface area contributed by atoms with Crippen LogP contribution < -0.4 is 5.76 Å². The van der Waals surface area contributed by atoms with Crippen LogP contribution in [0.2, 0.25) is 0 Å². The number of carbonyl (C=O) groups is 2. The molecule has 2 amide bonds. The average Bonchev–Trinajstić information content (AvgIpc) is 3.02. The smallest absolute Gasteiger partial charge is 0.420 e. The first kappa shape index (κ1) is 21.8. The summed E-state index contributed by atoms with van der Waals surface area (Å²) in [5, 5.41) is 0. The van der Waals surface area contributed by atoms with E-state index in [0.29, 0.717) is 5.52 Å². The topological polar surface area (TPSA) is 122 Å². The Morgan fingerprint density at radius 2 is 1.83 bits per heavy atom. The first-order valence-corrected chi connectivity index (χ1v) is 10.8. The molecule has 164 valence electrons. The van der Waals surface area contributed by atoms with E-state index in [2.05, 4.69) is 0 Å². The van der Waals surface area contributed by atoms with E-state index >= 15 is 0 Å². The Morgan fingerprint density at radius 3 is 2.43 bits per heavy atom. The molecule has 2 aromatic rings. The normalized spacial score (nSPS) is 15.4. The third-order valence-corrected chi connectivity index (χ3v) is 6.73. The van der Waals surface area contributed by atoms with Crippen LogP contribution in [0.4, 0.5) is 4.79 Å². The molecular weight excluding hydrogens is 416 g/mol. The van der Waals surface area contributed by atoms with Gasteiger partial charge >= 0.3 is 11.8 Å². The SMILES string of the molecule is CCOC(=O)N1CCN(S(=O)(=O)c2ccc3c(c2)oc(=O)n3CC(=O)N(C)C)CC1. The van der Waals surface area contributed by atoms with Gasteiger partial charge in [0, 0.05) is 46.3 Å². The number of ether oxygens (including phenoxy) is 1. The van der Waals surface area contributed by atoms with Gasteiger partial charge in [0.25, 0.3) is 0 Å². The van der Waals surface area contributed by atoms with Crippen molar-refractivity contribution in [2.75, 3.05) is 46.9 Å². The lowest BCUT2D eigenvalue weighted by molar-refractivity contribution is -0.129. The first-order chi connectivity index (χ1) is 14.1. The van der Waals surface area contributed by atoms with Gasteiger partial charge in [-0.15, -0.1) is 0 Å². The molecule has 1 saturated heterocycles. The van der Waals surface area contributed by atoms with Crippen molar-refractivity contribution in [3.05, 3.63) is 28.7 Å². The van der Waals surface area contributed by atoms with Crippen molar-refractivity contribution in [1.82, 2.24) is 18.7 Å². The molecule has 2 heterocycles. The zero-order valence-corrected chi connectivity index (χ0v) is 17.8. The molecule has 0 atom stereocenters. The van der Waals surface area contributed by atoms with Crippen LogP contribution in [0.5, 0.6) is 0 Å². The summed E-state index contributed by atoms with van der Waals surface area (Å²) in [6.45, 7) is 2.44. The van der Waals surface area contributed by atoms with Gasteiger partial charge in [-0.1, -0.05) is 0 Å². The number of oxazole rings is 1. The molecule has 0 aliphatic carbocycles. The van der Waals surface area contributed by atoms with Crippen LogP contribution in [-0.4, -0.2) is 86.0 Å². The zero-order chi connectivity index (χ0) is 22.1. The number of sulfonamides is 1. The Balaban J connectivity index is 1.82. The fourth-order valence-electron chi connectivity index (χ4n) is 3.11. The fourth-order valence-corrected chi connectivity index (χ4v) is 4.55. The fraction of sp³-hybridized carbons (Fsp3) is 0.500. The summed E-state index contributed by atoms with van der Waals surface area (Å²) in [5.74, 6) is -1.03. The van der Waals surface area contributed by atoms with Gasteiger partial charge in [-0.3, -0.25) is 9.36 Å². The van der Waals surface area contributed by atoms with Crippen LogP contribution in [-0.2, 0) is 26.1 Å². The lowest BCUT2D eigenvalue weighted by Crippen LogP contribution is -2.50. The van der Waals surface area contributed by atoms with Crippen molar-refractivity contribution in [2.45, 2.75) is 18.4 Å². The predicted octanol–water partition coefficient (Wildman–Crippen LogP) is 0.146. The van der Waals surface area contributed by atoms with Crippen molar-refractivity contribution >= 4 is 33.1 Å². The van der Waals surface area contributed by atoms with E-state index in [0.717, 1.165) is 4.57 Å². The minimum Gasteiger partial charge on any atom is -0.450 e. The van der Waals surface area contributed by atoms with Gasteiger partial charge in [0.05, 0.1) is 17.0 Å². The molecule has 30 heavy (non-hydrogen) atoms. The minimum atomic E-state index is -3.85. The zero-order valence-electron chi connectivity index (χ0n) is 17.0. The molecule has 0 spiro atoms. The number of fused-ring (bicyclic) bond motifs is 1. The number of rotatable bonds is 5. The number of nitrogens with zero attached hydrogens (tertiary/aromatic N) is 4. The Labute approximate surface area is 173 Å². The van der Waals surface area contributed by atoms with Crippen LogP contribution >= 0.6 is 0 Å². The standard InChI is InChI=1S/C18H24N4O7S/c1-4-28-17(24)20-7-9-21(10-8-20)30(26,27)13-5-6-14-15(11-13)29-18(25)22(14)12-16(23)19(2)3/h5-6,11H,4,7-10,12H2,1-3H3. The van der Waals surface area contributed by atoms with E-state index in [1.54, 1.807) is 21.0 Å². The van der Waals surface area contributed by atoms with Crippen LogP contribution in [0.1, 0.15) is 6.92 Å². The quantitative estimate of drug-likeness (QED) is 0.648. The lowest BCUT2D eigenvalue weighted by Gasteiger charge is -2.33. The molecule has 0 N–H and O–H groups in total. The van der Waals surface area contributed by atoms with Gasteiger partial charge in [0.1, 0.15) is 6.54 Å². The van der Waals surface area contributed by atoms with Gasteiger partial charge in [-0.2, -0.15) is 4.31 Å². The number of aromatic nitrogens is 1. The van der Waals surface area contributed by atoms with Crippen LogP contribution in [0.15, 0.2) is 32.3 Å². The molecule has 3 rings (SSSR count). The van der Waals surface area contributed by atoms with Crippen molar-refractivity contribution in [1.29, 1.82) is 0 Å². The van der Waals surface area contributed by atoms with E-state index in [9.17, 15) is 22.8 Å². The Morgan fingerprint density at radius 1 is 1.17 bits per heavy atom. The number of hydrogen-bond acceptors (Lipinski definition) is 7. The van der Waals surface area contributed by atoms with Crippen LogP contribution in [0.25, 0.3) is 11.1 Å². The van der Waals surface area contributed by atoms with Gasteiger partial charge in [0.2, 0.25) is 15.9 Å². The summed E-state index contributed by atoms with van der Waals surface area (Å²) < 4.78 is 38.5. The Bertz CT molecular complexity index is 1110. The van der Waals surface area contributed by atoms with E-state index < -0.39 is 21.9 Å². The van der Waals surface area contributed by atoms with Crippen LogP contribution in [0.3, 0.4) is 0 Å². The molecule has 1 aliphatic rings. The molecule has 0 radical (unpaired) electrons. The van der Waals surface area contributed by atoms with Gasteiger partial charge in [-0.25, -0.2) is 18.0 Å². The van der Waals surface area contributed by atoms with E-state index in [1.165, 1.54) is 32.3 Å². The third-order valence-electron chi connectivity index (χ3n) is 4.83. The molecular formula is C18H24N4O7S. The molecule has 1 aliphatic heterocycles. The highest BCUT2D eigenvalue weighted by Crippen LogP contribution is 2.23. The summed E-state index contributed by atoms with van der Waals surface area (Å²) in [7, 11) is -0.704. The Hall–Kier alpha value is -2.86. The second kappa shape index (κ2) is 8.48. The molecule has 0 unspecified atom stereocenters. The third kappa shape index (κ3) is 4.19. The summed E-state index contributed by atoms with van der Waals surface area (Å²) in [5.41, 5.74) is 0.416. The van der Waals surface area contributed by atoms with Gasteiger partial charge in [-0.05, 0) is 19.1 Å². The Kier molecular flexibility index (Phi) is 6.17. The van der Waals surface area contributed by atoms with E-state index in [1.807, 2.05) is 0 Å². The number of benzene rings is 1. The number of amides is 2. The average molecular weight is 440 g/mol. The molecule has 0 saturated carbocycles. The molecule has 0 bridgehead atoms. The van der Waals surface area contributed by atoms with Gasteiger partial charge in [0.15, 0.2) is 5.58 Å². The van der Waals surface area contributed by atoms with Gasteiger partial charge < -0.3 is 19.0 Å². The van der Waals surface area contributed by atoms with Crippen molar-refractivity contribution in [3.63, 3.8) is 0 Å². The summed E-state index contributed by atoms with van der Waals surface area (Å²) in [6.07, 6.45) is -0.466.